The summed E-state index contributed by atoms with van der Waals surface area (Å²) in [5, 5.41) is 13.6. The Bertz CT molecular complexity index is 913. The van der Waals surface area contributed by atoms with Crippen LogP contribution in [0.3, 0.4) is 0 Å². The van der Waals surface area contributed by atoms with Crippen molar-refractivity contribution in [3.8, 4) is 5.88 Å². The lowest BCUT2D eigenvalue weighted by Gasteiger charge is -2.38. The number of aromatic nitrogens is 1. The highest BCUT2D eigenvalue weighted by molar-refractivity contribution is 6.06. The van der Waals surface area contributed by atoms with E-state index in [2.05, 4.69) is 10.3 Å². The Morgan fingerprint density at radius 2 is 2.12 bits per heavy atom. The summed E-state index contributed by atoms with van der Waals surface area (Å²) in [5.41, 5.74) is 2.08. The number of aliphatic hydroxyl groups excluding tert-OH is 1. The van der Waals surface area contributed by atoms with Crippen LogP contribution >= 0.6 is 0 Å². The van der Waals surface area contributed by atoms with Crippen molar-refractivity contribution < 1.29 is 19.1 Å². The van der Waals surface area contributed by atoms with Gasteiger partial charge in [-0.05, 0) is 30.4 Å². The number of ether oxygens (including phenoxy) is 1. The fourth-order valence-corrected chi connectivity index (χ4v) is 3.44. The lowest BCUT2D eigenvalue weighted by Crippen LogP contribution is -2.41. The smallest absolute Gasteiger partial charge is 0.255 e. The van der Waals surface area contributed by atoms with Crippen LogP contribution in [0.15, 0.2) is 53.3 Å². The zero-order valence-electron chi connectivity index (χ0n) is 14.4. The predicted octanol–water partition coefficient (Wildman–Crippen LogP) is 3.08. The summed E-state index contributed by atoms with van der Waals surface area (Å²) in [5.74, 6) is 0.493. The van der Waals surface area contributed by atoms with Crippen molar-refractivity contribution in [1.82, 2.24) is 10.3 Å². The molecule has 3 aromatic rings. The summed E-state index contributed by atoms with van der Waals surface area (Å²) in [6.45, 7) is 0. The Hall–Kier alpha value is -2.86. The first-order valence-corrected chi connectivity index (χ1v) is 8.61. The molecule has 1 aliphatic carbocycles. The number of para-hydroxylation sites is 1. The minimum Gasteiger partial charge on any atom is -0.481 e. The van der Waals surface area contributed by atoms with Crippen molar-refractivity contribution in [2.24, 2.45) is 5.92 Å². The number of rotatable bonds is 5. The van der Waals surface area contributed by atoms with Crippen molar-refractivity contribution in [2.75, 3.05) is 7.11 Å². The molecule has 0 unspecified atom stereocenters. The number of nitrogens with one attached hydrogen (secondary N) is 1. The van der Waals surface area contributed by atoms with Gasteiger partial charge >= 0.3 is 0 Å². The monoisotopic (exact) mass is 352 g/mol. The van der Waals surface area contributed by atoms with Crippen molar-refractivity contribution in [3.05, 3.63) is 60.0 Å². The lowest BCUT2D eigenvalue weighted by molar-refractivity contribution is 0.0234. The number of hydrogen-bond donors (Lipinski definition) is 2. The topological polar surface area (TPSA) is 84.6 Å². The molecular weight excluding hydrogens is 332 g/mol. The molecule has 2 heterocycles. The van der Waals surface area contributed by atoms with Crippen molar-refractivity contribution >= 4 is 16.9 Å². The number of hydrogen-bond acceptors (Lipinski definition) is 5. The van der Waals surface area contributed by atoms with Crippen LogP contribution in [0.25, 0.3) is 11.0 Å². The maximum atomic E-state index is 12.9. The largest absolute Gasteiger partial charge is 0.481 e. The van der Waals surface area contributed by atoms with Crippen LogP contribution in [-0.2, 0) is 0 Å². The quantitative estimate of drug-likeness (QED) is 0.737. The van der Waals surface area contributed by atoms with Crippen LogP contribution in [0.2, 0.25) is 0 Å². The normalized spacial score (nSPS) is 20.4. The average molecular weight is 352 g/mol. The number of aliphatic hydroxyl groups is 1. The summed E-state index contributed by atoms with van der Waals surface area (Å²) in [7, 11) is 1.56. The number of methoxy groups -OCH3 is 1. The minimum absolute atomic E-state index is 0.169. The van der Waals surface area contributed by atoms with Gasteiger partial charge < -0.3 is 19.6 Å². The molecule has 0 bridgehead atoms. The highest BCUT2D eigenvalue weighted by Crippen LogP contribution is 2.38. The van der Waals surface area contributed by atoms with Crippen molar-refractivity contribution in [3.63, 3.8) is 0 Å². The lowest BCUT2D eigenvalue weighted by atomic mass is 9.75. The van der Waals surface area contributed by atoms with Crippen molar-refractivity contribution in [2.45, 2.75) is 25.0 Å². The van der Waals surface area contributed by atoms with Crippen LogP contribution in [0.5, 0.6) is 5.88 Å². The molecule has 26 heavy (non-hydrogen) atoms. The molecule has 1 aromatic carbocycles. The molecule has 1 amide bonds. The van der Waals surface area contributed by atoms with Crippen LogP contribution in [-0.4, -0.2) is 29.2 Å². The van der Waals surface area contributed by atoms with Crippen LogP contribution in [0, 0.1) is 5.92 Å². The number of pyridine rings is 1. The number of benzene rings is 1. The van der Waals surface area contributed by atoms with E-state index in [1.54, 1.807) is 19.4 Å². The molecule has 0 saturated heterocycles. The number of fused-ring (bicyclic) bond motifs is 1. The van der Waals surface area contributed by atoms with E-state index in [9.17, 15) is 9.90 Å². The molecule has 1 atom stereocenters. The third kappa shape index (κ3) is 3.04. The second-order valence-electron chi connectivity index (χ2n) is 6.62. The van der Waals surface area contributed by atoms with Gasteiger partial charge in [-0.1, -0.05) is 24.3 Å². The molecule has 0 aliphatic heterocycles. The molecule has 0 radical (unpaired) electrons. The first-order chi connectivity index (χ1) is 12.7. The number of carbonyl (C=O) groups excluding carboxylic acids is 1. The van der Waals surface area contributed by atoms with Crippen molar-refractivity contribution in [1.29, 1.82) is 0 Å². The predicted molar refractivity (Wildman–Crippen MR) is 95.9 cm³/mol. The second kappa shape index (κ2) is 6.80. The second-order valence-corrected chi connectivity index (χ2v) is 6.62. The summed E-state index contributed by atoms with van der Waals surface area (Å²) in [4.78, 5) is 17.1. The maximum absolute atomic E-state index is 12.9. The summed E-state index contributed by atoms with van der Waals surface area (Å²) in [6.07, 6.45) is 4.20. The Labute approximate surface area is 150 Å². The molecule has 6 nitrogen and oxygen atoms in total. The van der Waals surface area contributed by atoms with E-state index in [1.807, 2.05) is 30.3 Å². The van der Waals surface area contributed by atoms with Gasteiger partial charge in [-0.2, -0.15) is 0 Å². The van der Waals surface area contributed by atoms with Gasteiger partial charge in [-0.15, -0.1) is 0 Å². The standard InChI is InChI=1S/C20H20N2O4/c1-25-18-7-6-12(10-21-18)19(13-8-14(23)9-13)22-20(24)16-11-26-17-5-3-2-4-15(16)17/h2-7,10-11,13-14,19,23H,8-9H2,1H3,(H,22,24)/t13?,14?,19-/m0/s1. The highest BCUT2D eigenvalue weighted by Gasteiger charge is 2.36. The summed E-state index contributed by atoms with van der Waals surface area (Å²) in [6, 6.07) is 10.9. The fraction of sp³-hybridized carbons (Fsp3) is 0.300. The van der Waals surface area contributed by atoms with E-state index in [-0.39, 0.29) is 24.0 Å². The number of furan rings is 1. The van der Waals surface area contributed by atoms with Crippen LogP contribution in [0.1, 0.15) is 34.8 Å². The maximum Gasteiger partial charge on any atom is 0.255 e. The molecular formula is C20H20N2O4. The van der Waals surface area contributed by atoms with E-state index >= 15 is 0 Å². The van der Waals surface area contributed by atoms with E-state index in [1.165, 1.54) is 6.26 Å². The molecule has 1 aliphatic rings. The SMILES string of the molecule is COc1ccc([C@H](NC(=O)c2coc3ccccc23)C2CC(O)C2)cn1. The van der Waals surface area contributed by atoms with E-state index in [0.717, 1.165) is 10.9 Å². The molecule has 1 saturated carbocycles. The molecule has 134 valence electrons. The third-order valence-corrected chi connectivity index (χ3v) is 4.96. The minimum atomic E-state index is -0.305. The fourth-order valence-electron chi connectivity index (χ4n) is 3.44. The van der Waals surface area contributed by atoms with Gasteiger partial charge in [-0.3, -0.25) is 4.79 Å². The Morgan fingerprint density at radius 3 is 2.81 bits per heavy atom. The first-order valence-electron chi connectivity index (χ1n) is 8.61. The van der Waals surface area contributed by atoms with E-state index in [0.29, 0.717) is 29.9 Å². The summed E-state index contributed by atoms with van der Waals surface area (Å²) >= 11 is 0. The zero-order valence-corrected chi connectivity index (χ0v) is 14.4. The first kappa shape index (κ1) is 16.6. The Balaban J connectivity index is 1.60. The average Bonchev–Trinajstić information content (AvgIpc) is 3.08. The zero-order chi connectivity index (χ0) is 18.1. The van der Waals surface area contributed by atoms with Crippen LogP contribution in [0.4, 0.5) is 0 Å². The van der Waals surface area contributed by atoms with Gasteiger partial charge in [-0.25, -0.2) is 4.98 Å². The van der Waals surface area contributed by atoms with Gasteiger partial charge in [0.2, 0.25) is 5.88 Å². The van der Waals surface area contributed by atoms with Gasteiger partial charge in [0.1, 0.15) is 11.8 Å². The molecule has 6 heteroatoms. The number of nitrogens with zero attached hydrogens (tertiary/aromatic N) is 1. The molecule has 4 rings (SSSR count). The molecule has 2 N–H and O–H groups in total. The summed E-state index contributed by atoms with van der Waals surface area (Å²) < 4.78 is 10.6. The Morgan fingerprint density at radius 1 is 1.31 bits per heavy atom. The highest BCUT2D eigenvalue weighted by atomic mass is 16.5. The number of amides is 1. The third-order valence-electron chi connectivity index (χ3n) is 4.96. The molecule has 1 fully saturated rings. The molecule has 0 spiro atoms. The van der Waals surface area contributed by atoms with Gasteiger partial charge in [0.15, 0.2) is 0 Å². The number of carbonyl (C=O) groups is 1. The Kier molecular flexibility index (Phi) is 4.34. The van der Waals surface area contributed by atoms with Gasteiger partial charge in [0.25, 0.3) is 5.91 Å². The van der Waals surface area contributed by atoms with Gasteiger partial charge in [0.05, 0.1) is 24.8 Å². The van der Waals surface area contributed by atoms with Gasteiger partial charge in [0, 0.05) is 17.6 Å². The van der Waals surface area contributed by atoms with Crippen LogP contribution < -0.4 is 10.1 Å². The molecule has 2 aromatic heterocycles. The van der Waals surface area contributed by atoms with E-state index in [4.69, 9.17) is 9.15 Å². The van der Waals surface area contributed by atoms with E-state index < -0.39 is 0 Å².